The van der Waals surface area contributed by atoms with Gasteiger partial charge in [-0.2, -0.15) is 12.7 Å². The first-order valence-electron chi connectivity index (χ1n) is 4.06. The number of likely N-dealkylation sites (N-methyl/N-ethyl adjacent to an activating group) is 1. The van der Waals surface area contributed by atoms with Gasteiger partial charge in [-0.15, -0.1) is 6.58 Å². The Kier molecular flexibility index (Phi) is 2.53. The molecular formula is C8H15NO3S. The molecule has 0 amide bonds. The first kappa shape index (κ1) is 10.7. The van der Waals surface area contributed by atoms with Gasteiger partial charge in [0.1, 0.15) is 0 Å². The molecule has 0 saturated carbocycles. The highest BCUT2D eigenvalue weighted by Crippen LogP contribution is 2.31. The first-order valence-corrected chi connectivity index (χ1v) is 5.42. The van der Waals surface area contributed by atoms with Gasteiger partial charge in [-0.25, -0.2) is 0 Å². The maximum Gasteiger partial charge on any atom is 0.338 e. The predicted octanol–water partition coefficient (Wildman–Crippen LogP) is 0.918. The zero-order chi connectivity index (χ0) is 10.3. The van der Waals surface area contributed by atoms with E-state index in [0.29, 0.717) is 6.42 Å². The molecule has 1 heterocycles. The van der Waals surface area contributed by atoms with E-state index in [2.05, 4.69) is 6.58 Å². The molecule has 4 nitrogen and oxygen atoms in total. The molecule has 0 bridgehead atoms. The van der Waals surface area contributed by atoms with Crippen LogP contribution < -0.4 is 0 Å². The van der Waals surface area contributed by atoms with Gasteiger partial charge in [-0.1, -0.05) is 5.57 Å². The lowest BCUT2D eigenvalue weighted by Crippen LogP contribution is -2.42. The van der Waals surface area contributed by atoms with Gasteiger partial charge in [0, 0.05) is 7.05 Å². The molecule has 13 heavy (non-hydrogen) atoms. The molecule has 0 aromatic heterocycles. The van der Waals surface area contributed by atoms with Crippen LogP contribution in [0.4, 0.5) is 0 Å². The molecule has 76 valence electrons. The van der Waals surface area contributed by atoms with Crippen LogP contribution in [0.25, 0.3) is 0 Å². The minimum absolute atomic E-state index is 0.207. The summed E-state index contributed by atoms with van der Waals surface area (Å²) in [5, 5.41) is 0. The zero-order valence-corrected chi connectivity index (χ0v) is 9.02. The summed E-state index contributed by atoms with van der Waals surface area (Å²) in [6, 6.07) is 0. The molecule has 1 saturated heterocycles. The Balaban J connectivity index is 2.90. The zero-order valence-electron chi connectivity index (χ0n) is 8.20. The van der Waals surface area contributed by atoms with Crippen molar-refractivity contribution >= 4 is 10.3 Å². The topological polar surface area (TPSA) is 46.6 Å². The third kappa shape index (κ3) is 1.92. The van der Waals surface area contributed by atoms with Gasteiger partial charge >= 0.3 is 10.3 Å². The highest BCUT2D eigenvalue weighted by molar-refractivity contribution is 7.84. The van der Waals surface area contributed by atoms with Crippen molar-refractivity contribution in [2.75, 3.05) is 13.7 Å². The number of hydrogen-bond acceptors (Lipinski definition) is 3. The van der Waals surface area contributed by atoms with Crippen molar-refractivity contribution in [1.29, 1.82) is 0 Å². The van der Waals surface area contributed by atoms with Crippen molar-refractivity contribution in [2.45, 2.75) is 25.8 Å². The van der Waals surface area contributed by atoms with E-state index in [1.807, 2.05) is 13.8 Å². The van der Waals surface area contributed by atoms with E-state index < -0.39 is 15.8 Å². The van der Waals surface area contributed by atoms with Crippen LogP contribution in [0.3, 0.4) is 0 Å². The van der Waals surface area contributed by atoms with Crippen LogP contribution in [-0.2, 0) is 14.5 Å². The van der Waals surface area contributed by atoms with Gasteiger partial charge in [0.25, 0.3) is 0 Å². The molecule has 0 aromatic carbocycles. The molecule has 1 atom stereocenters. The summed E-state index contributed by atoms with van der Waals surface area (Å²) in [6.07, 6.45) is 0.628. The van der Waals surface area contributed by atoms with Gasteiger partial charge in [0.05, 0.1) is 12.1 Å². The summed E-state index contributed by atoms with van der Waals surface area (Å²) < 4.78 is 28.5. The van der Waals surface area contributed by atoms with Crippen LogP contribution >= 0.6 is 0 Å². The molecule has 1 fully saturated rings. The minimum Gasteiger partial charge on any atom is -0.256 e. The van der Waals surface area contributed by atoms with E-state index in [1.165, 1.54) is 11.4 Å². The minimum atomic E-state index is -3.49. The van der Waals surface area contributed by atoms with Crippen molar-refractivity contribution in [3.8, 4) is 0 Å². The van der Waals surface area contributed by atoms with Gasteiger partial charge in [0.15, 0.2) is 0 Å². The maximum absolute atomic E-state index is 11.2. The molecule has 1 aliphatic rings. The number of rotatable bonds is 2. The van der Waals surface area contributed by atoms with E-state index in [9.17, 15) is 8.42 Å². The predicted molar refractivity (Wildman–Crippen MR) is 50.5 cm³/mol. The Bertz CT molecular complexity index is 322. The van der Waals surface area contributed by atoms with Gasteiger partial charge < -0.3 is 0 Å². The lowest BCUT2D eigenvalue weighted by Gasteiger charge is -2.27. The summed E-state index contributed by atoms with van der Waals surface area (Å²) in [7, 11) is -1.95. The van der Waals surface area contributed by atoms with Crippen LogP contribution in [0.15, 0.2) is 12.2 Å². The highest BCUT2D eigenvalue weighted by atomic mass is 32.2. The number of hydrogen-bond donors (Lipinski definition) is 0. The van der Waals surface area contributed by atoms with Crippen LogP contribution in [-0.4, -0.2) is 31.9 Å². The Morgan fingerprint density at radius 2 is 2.23 bits per heavy atom. The SMILES string of the molecule is C=C(C)CC1(C)COS(=O)(=O)N1C. The third-order valence-electron chi connectivity index (χ3n) is 2.30. The fraction of sp³-hybridized carbons (Fsp3) is 0.750. The second-order valence-electron chi connectivity index (χ2n) is 3.82. The molecule has 0 N–H and O–H groups in total. The fourth-order valence-corrected chi connectivity index (χ4v) is 2.67. The Hall–Kier alpha value is -0.390. The summed E-state index contributed by atoms with van der Waals surface area (Å²) >= 11 is 0. The van der Waals surface area contributed by atoms with E-state index in [4.69, 9.17) is 4.18 Å². The van der Waals surface area contributed by atoms with Gasteiger partial charge in [0.2, 0.25) is 0 Å². The summed E-state index contributed by atoms with van der Waals surface area (Å²) in [6.45, 7) is 7.71. The average molecular weight is 205 g/mol. The molecule has 1 rings (SSSR count). The van der Waals surface area contributed by atoms with Crippen LogP contribution in [0.5, 0.6) is 0 Å². The van der Waals surface area contributed by atoms with Crippen LogP contribution in [0.2, 0.25) is 0 Å². The normalized spacial score (nSPS) is 33.5. The molecule has 1 unspecified atom stereocenters. The monoisotopic (exact) mass is 205 g/mol. The quantitative estimate of drug-likeness (QED) is 0.630. The molecule has 0 spiro atoms. The molecule has 5 heteroatoms. The standard InChI is InChI=1S/C8H15NO3S/c1-7(2)5-8(3)6-12-13(10,11)9(8)4/h1,5-6H2,2-4H3. The van der Waals surface area contributed by atoms with Crippen molar-refractivity contribution in [2.24, 2.45) is 0 Å². The molecule has 1 aliphatic heterocycles. The van der Waals surface area contributed by atoms with Crippen molar-refractivity contribution in [3.63, 3.8) is 0 Å². The smallest absolute Gasteiger partial charge is 0.256 e. The van der Waals surface area contributed by atoms with Crippen LogP contribution in [0, 0.1) is 0 Å². The lowest BCUT2D eigenvalue weighted by atomic mass is 9.95. The maximum atomic E-state index is 11.2. The van der Waals surface area contributed by atoms with E-state index in [1.54, 1.807) is 0 Å². The van der Waals surface area contributed by atoms with Crippen molar-refractivity contribution in [3.05, 3.63) is 12.2 Å². The lowest BCUT2D eigenvalue weighted by molar-refractivity contribution is 0.223. The molecule has 0 radical (unpaired) electrons. The first-order chi connectivity index (χ1) is 5.78. The fourth-order valence-electron chi connectivity index (χ4n) is 1.45. The summed E-state index contributed by atoms with van der Waals surface area (Å²) in [5.74, 6) is 0. The Morgan fingerprint density at radius 1 is 1.69 bits per heavy atom. The molecular weight excluding hydrogens is 190 g/mol. The third-order valence-corrected chi connectivity index (χ3v) is 3.82. The highest BCUT2D eigenvalue weighted by Gasteiger charge is 2.45. The second-order valence-corrected chi connectivity index (χ2v) is 5.46. The average Bonchev–Trinajstić information content (AvgIpc) is 2.14. The summed E-state index contributed by atoms with van der Waals surface area (Å²) in [4.78, 5) is 0. The van der Waals surface area contributed by atoms with Crippen molar-refractivity contribution < 1.29 is 12.6 Å². The number of nitrogens with zero attached hydrogens (tertiary/aromatic N) is 1. The molecule has 0 aliphatic carbocycles. The Labute approximate surface area is 79.4 Å². The second kappa shape index (κ2) is 3.08. The van der Waals surface area contributed by atoms with Crippen LogP contribution in [0.1, 0.15) is 20.3 Å². The van der Waals surface area contributed by atoms with E-state index in [-0.39, 0.29) is 6.61 Å². The van der Waals surface area contributed by atoms with Gasteiger partial charge in [-0.05, 0) is 20.3 Å². The van der Waals surface area contributed by atoms with Gasteiger partial charge in [-0.3, -0.25) is 4.18 Å². The largest absolute Gasteiger partial charge is 0.338 e. The molecule has 0 aromatic rings. The van der Waals surface area contributed by atoms with E-state index in [0.717, 1.165) is 5.57 Å². The summed E-state index contributed by atoms with van der Waals surface area (Å²) in [5.41, 5.74) is 0.486. The van der Waals surface area contributed by atoms with E-state index >= 15 is 0 Å². The van der Waals surface area contributed by atoms with Crippen molar-refractivity contribution in [1.82, 2.24) is 4.31 Å². The Morgan fingerprint density at radius 3 is 2.54 bits per heavy atom.